The predicted octanol–water partition coefficient (Wildman–Crippen LogP) is 2.61. The predicted molar refractivity (Wildman–Crippen MR) is 50.3 cm³/mol. The summed E-state index contributed by atoms with van der Waals surface area (Å²) in [5, 5.41) is 8.39. The Bertz CT molecular complexity index is 373. The summed E-state index contributed by atoms with van der Waals surface area (Å²) in [4.78, 5) is 13.9. The number of rotatable bonds is 3. The zero-order chi connectivity index (χ0) is 11.6. The van der Waals surface area contributed by atoms with E-state index >= 15 is 0 Å². The molecular weight excluding hydrogens is 228 g/mol. The summed E-state index contributed by atoms with van der Waals surface area (Å²) >= 11 is 5.62. The van der Waals surface area contributed by atoms with Gasteiger partial charge in [0, 0.05) is 5.56 Å². The van der Waals surface area contributed by atoms with E-state index in [1.54, 1.807) is 0 Å². The zero-order valence-corrected chi connectivity index (χ0v) is 8.55. The molecule has 1 aromatic rings. The molecule has 0 aromatic carbocycles. The van der Waals surface area contributed by atoms with Crippen LogP contribution in [0.5, 0.6) is 0 Å². The molecule has 3 nitrogen and oxygen atoms in total. The van der Waals surface area contributed by atoms with Crippen LogP contribution in [0.4, 0.5) is 8.78 Å². The highest BCUT2D eigenvalue weighted by atomic mass is 35.5. The van der Waals surface area contributed by atoms with Gasteiger partial charge in [-0.15, -0.1) is 0 Å². The van der Waals surface area contributed by atoms with Gasteiger partial charge in [-0.2, -0.15) is 0 Å². The van der Waals surface area contributed by atoms with Crippen molar-refractivity contribution in [2.24, 2.45) is 0 Å². The molecule has 1 N–H and O–H groups in total. The summed E-state index contributed by atoms with van der Waals surface area (Å²) in [6.07, 6.45) is -3.03. The Morgan fingerprint density at radius 2 is 2.27 bits per heavy atom. The van der Waals surface area contributed by atoms with Crippen molar-refractivity contribution >= 4 is 17.6 Å². The fourth-order valence-electron chi connectivity index (χ4n) is 1.16. The average Bonchev–Trinajstić information content (AvgIpc) is 2.10. The molecule has 0 atom stereocenters. The minimum Gasteiger partial charge on any atom is -0.481 e. The number of halogens is 3. The minimum atomic E-state index is -2.71. The molecule has 0 aliphatic heterocycles. The molecule has 0 spiro atoms. The molecule has 0 aliphatic rings. The Labute approximate surface area is 89.7 Å². The normalized spacial score (nSPS) is 10.7. The molecule has 6 heteroatoms. The van der Waals surface area contributed by atoms with Gasteiger partial charge < -0.3 is 5.11 Å². The van der Waals surface area contributed by atoms with Gasteiger partial charge >= 0.3 is 5.97 Å². The summed E-state index contributed by atoms with van der Waals surface area (Å²) in [7, 11) is 0. The van der Waals surface area contributed by atoms with E-state index in [0.29, 0.717) is 5.56 Å². The minimum absolute atomic E-state index is 0.173. The van der Waals surface area contributed by atoms with E-state index in [2.05, 4.69) is 4.98 Å². The third-order valence-corrected chi connectivity index (χ3v) is 2.18. The number of nitrogens with zero attached hydrogens (tertiary/aromatic N) is 1. The van der Waals surface area contributed by atoms with Crippen LogP contribution in [0.3, 0.4) is 0 Å². The summed E-state index contributed by atoms with van der Waals surface area (Å²) < 4.78 is 24.6. The molecule has 0 saturated carbocycles. The number of aryl methyl sites for hydroxylation is 1. The Hall–Kier alpha value is -1.23. The van der Waals surface area contributed by atoms with Crippen molar-refractivity contribution in [3.05, 3.63) is 28.0 Å². The van der Waals surface area contributed by atoms with E-state index in [1.165, 1.54) is 6.92 Å². The van der Waals surface area contributed by atoms with E-state index in [-0.39, 0.29) is 17.1 Å². The molecule has 82 valence electrons. The lowest BCUT2D eigenvalue weighted by molar-refractivity contribution is -0.136. The standard InChI is InChI=1S/C9H8ClF2NO2/c1-4-2-6(9(11)12)13-8(10)5(4)3-7(14)15/h2,9H,3H2,1H3,(H,14,15). The van der Waals surface area contributed by atoms with Crippen molar-refractivity contribution in [3.63, 3.8) is 0 Å². The number of carboxylic acid groups (broad SMARTS) is 1. The number of aromatic nitrogens is 1. The highest BCUT2D eigenvalue weighted by molar-refractivity contribution is 6.30. The summed E-state index contributed by atoms with van der Waals surface area (Å²) in [6, 6.07) is 1.15. The second-order valence-corrected chi connectivity index (χ2v) is 3.36. The lowest BCUT2D eigenvalue weighted by Gasteiger charge is -2.07. The van der Waals surface area contributed by atoms with Crippen LogP contribution in [-0.2, 0) is 11.2 Å². The number of hydrogen-bond acceptors (Lipinski definition) is 2. The molecule has 0 aliphatic carbocycles. The van der Waals surface area contributed by atoms with Crippen molar-refractivity contribution < 1.29 is 18.7 Å². The van der Waals surface area contributed by atoms with Crippen LogP contribution in [0.1, 0.15) is 23.2 Å². The lowest BCUT2D eigenvalue weighted by atomic mass is 10.1. The van der Waals surface area contributed by atoms with Crippen molar-refractivity contribution in [2.75, 3.05) is 0 Å². The Morgan fingerprint density at radius 3 is 2.67 bits per heavy atom. The fourth-order valence-corrected chi connectivity index (χ4v) is 1.47. The first-order valence-corrected chi connectivity index (χ1v) is 4.45. The molecule has 0 unspecified atom stereocenters. The SMILES string of the molecule is Cc1cc(C(F)F)nc(Cl)c1CC(=O)O. The van der Waals surface area contributed by atoms with E-state index in [4.69, 9.17) is 16.7 Å². The van der Waals surface area contributed by atoms with Gasteiger partial charge in [0.15, 0.2) is 0 Å². The number of hydrogen-bond donors (Lipinski definition) is 1. The summed E-state index contributed by atoms with van der Waals surface area (Å²) in [5.74, 6) is -1.08. The molecule has 0 fully saturated rings. The lowest BCUT2D eigenvalue weighted by Crippen LogP contribution is -2.05. The number of alkyl halides is 2. The second kappa shape index (κ2) is 4.53. The summed E-state index contributed by atoms with van der Waals surface area (Å²) in [6.45, 7) is 1.53. The van der Waals surface area contributed by atoms with Crippen LogP contribution in [0.2, 0.25) is 5.15 Å². The van der Waals surface area contributed by atoms with E-state index in [1.807, 2.05) is 0 Å². The van der Waals surface area contributed by atoms with Crippen molar-refractivity contribution in [1.29, 1.82) is 0 Å². The highest BCUT2D eigenvalue weighted by Gasteiger charge is 2.16. The van der Waals surface area contributed by atoms with Gasteiger partial charge in [0.05, 0.1) is 6.42 Å². The van der Waals surface area contributed by atoms with Crippen LogP contribution in [0, 0.1) is 6.92 Å². The maximum Gasteiger partial charge on any atom is 0.307 e. The maximum absolute atomic E-state index is 12.3. The maximum atomic E-state index is 12.3. The topological polar surface area (TPSA) is 50.2 Å². The Kier molecular flexibility index (Phi) is 3.57. The molecule has 15 heavy (non-hydrogen) atoms. The first kappa shape index (κ1) is 11.8. The number of carbonyl (C=O) groups is 1. The molecular formula is C9H8ClF2NO2. The monoisotopic (exact) mass is 235 g/mol. The van der Waals surface area contributed by atoms with Crippen LogP contribution < -0.4 is 0 Å². The van der Waals surface area contributed by atoms with Gasteiger partial charge in [0.1, 0.15) is 10.8 Å². The molecule has 1 rings (SSSR count). The second-order valence-electron chi connectivity index (χ2n) is 3.00. The van der Waals surface area contributed by atoms with E-state index in [9.17, 15) is 13.6 Å². The number of aliphatic carboxylic acids is 1. The zero-order valence-electron chi connectivity index (χ0n) is 7.80. The highest BCUT2D eigenvalue weighted by Crippen LogP contribution is 2.24. The Balaban J connectivity index is 3.15. The number of pyridine rings is 1. The molecule has 0 amide bonds. The van der Waals surface area contributed by atoms with E-state index < -0.39 is 18.1 Å². The van der Waals surface area contributed by atoms with Crippen LogP contribution in [0.25, 0.3) is 0 Å². The first-order valence-electron chi connectivity index (χ1n) is 4.07. The molecule has 1 aromatic heterocycles. The molecule has 0 saturated heterocycles. The van der Waals surface area contributed by atoms with Crippen molar-refractivity contribution in [2.45, 2.75) is 19.8 Å². The summed E-state index contributed by atoms with van der Waals surface area (Å²) in [5.41, 5.74) is 0.243. The van der Waals surface area contributed by atoms with Gasteiger partial charge in [0.2, 0.25) is 0 Å². The van der Waals surface area contributed by atoms with Crippen LogP contribution in [-0.4, -0.2) is 16.1 Å². The largest absolute Gasteiger partial charge is 0.481 e. The average molecular weight is 236 g/mol. The van der Waals surface area contributed by atoms with Gasteiger partial charge in [0.25, 0.3) is 6.43 Å². The van der Waals surface area contributed by atoms with Crippen LogP contribution in [0.15, 0.2) is 6.07 Å². The third-order valence-electron chi connectivity index (χ3n) is 1.87. The smallest absolute Gasteiger partial charge is 0.307 e. The Morgan fingerprint density at radius 1 is 1.67 bits per heavy atom. The molecule has 0 bridgehead atoms. The quantitative estimate of drug-likeness (QED) is 0.820. The molecule has 1 heterocycles. The fraction of sp³-hybridized carbons (Fsp3) is 0.333. The van der Waals surface area contributed by atoms with Gasteiger partial charge in [-0.1, -0.05) is 11.6 Å². The third kappa shape index (κ3) is 2.86. The van der Waals surface area contributed by atoms with Gasteiger partial charge in [-0.05, 0) is 18.6 Å². The van der Waals surface area contributed by atoms with E-state index in [0.717, 1.165) is 6.07 Å². The number of carboxylic acids is 1. The first-order chi connectivity index (χ1) is 6.91. The van der Waals surface area contributed by atoms with Crippen LogP contribution >= 0.6 is 11.6 Å². The van der Waals surface area contributed by atoms with Crippen molar-refractivity contribution in [3.8, 4) is 0 Å². The van der Waals surface area contributed by atoms with Gasteiger partial charge in [-0.25, -0.2) is 13.8 Å². The molecule has 0 radical (unpaired) electrons. The van der Waals surface area contributed by atoms with Gasteiger partial charge in [-0.3, -0.25) is 4.79 Å². The van der Waals surface area contributed by atoms with Crippen molar-refractivity contribution in [1.82, 2.24) is 4.98 Å².